The van der Waals surface area contributed by atoms with Crippen LogP contribution >= 0.6 is 0 Å². The van der Waals surface area contributed by atoms with Gasteiger partial charge in [-0.3, -0.25) is 4.98 Å². The molecule has 0 saturated carbocycles. The number of aromatic amines is 1. The number of imidazole rings is 1. The molecule has 76 valence electrons. The molecule has 0 bridgehead atoms. The maximum Gasteiger partial charge on any atom is 0.309 e. The molecule has 5 N–H and O–H groups in total. The highest BCUT2D eigenvalue weighted by molar-refractivity contribution is 5.79. The fourth-order valence-electron chi connectivity index (χ4n) is 1.10. The summed E-state index contributed by atoms with van der Waals surface area (Å²) in [7, 11) is 1.85. The van der Waals surface area contributed by atoms with Crippen molar-refractivity contribution in [1.29, 1.82) is 0 Å². The number of nitrogens with two attached hydrogens (primary N) is 2. The van der Waals surface area contributed by atoms with Gasteiger partial charge in [-0.25, -0.2) is 4.57 Å². The summed E-state index contributed by atoms with van der Waals surface area (Å²) >= 11 is 0. The zero-order chi connectivity index (χ0) is 10.7. The van der Waals surface area contributed by atoms with E-state index in [-0.39, 0.29) is 5.95 Å². The second-order valence-electron chi connectivity index (χ2n) is 2.55. The van der Waals surface area contributed by atoms with Crippen LogP contribution in [0.5, 0.6) is 0 Å². The summed E-state index contributed by atoms with van der Waals surface area (Å²) in [6, 6.07) is 0. The van der Waals surface area contributed by atoms with Gasteiger partial charge in [0.25, 0.3) is 5.95 Å². The molecular formula is C8H15N6+. The van der Waals surface area contributed by atoms with Crippen LogP contribution in [0.1, 0.15) is 13.8 Å². The van der Waals surface area contributed by atoms with E-state index in [1.807, 2.05) is 20.9 Å². The van der Waals surface area contributed by atoms with E-state index in [2.05, 4.69) is 15.0 Å². The van der Waals surface area contributed by atoms with Crippen molar-refractivity contribution in [3.8, 4) is 0 Å². The van der Waals surface area contributed by atoms with Gasteiger partial charge in [0, 0.05) is 0 Å². The van der Waals surface area contributed by atoms with E-state index in [9.17, 15) is 0 Å². The number of H-pyrrole nitrogens is 1. The fourth-order valence-corrected chi connectivity index (χ4v) is 1.10. The number of aromatic nitrogens is 4. The predicted octanol–water partition coefficient (Wildman–Crippen LogP) is -0.0270. The molecule has 0 aliphatic heterocycles. The summed E-state index contributed by atoms with van der Waals surface area (Å²) in [4.78, 5) is 10.8. The van der Waals surface area contributed by atoms with E-state index in [4.69, 9.17) is 11.5 Å². The molecule has 0 amide bonds. The minimum absolute atomic E-state index is 0.190. The van der Waals surface area contributed by atoms with Crippen LogP contribution < -0.4 is 16.0 Å². The average molecular weight is 195 g/mol. The van der Waals surface area contributed by atoms with Crippen LogP contribution in [0.2, 0.25) is 0 Å². The number of aryl methyl sites for hydroxylation is 1. The largest absolute Gasteiger partial charge is 0.380 e. The highest BCUT2D eigenvalue weighted by Crippen LogP contribution is 2.11. The molecule has 0 unspecified atom stereocenters. The van der Waals surface area contributed by atoms with Crippen molar-refractivity contribution in [3.63, 3.8) is 0 Å². The van der Waals surface area contributed by atoms with Gasteiger partial charge in [0.15, 0.2) is 12.1 Å². The van der Waals surface area contributed by atoms with Crippen molar-refractivity contribution >= 4 is 22.9 Å². The zero-order valence-electron chi connectivity index (χ0n) is 8.57. The Labute approximate surface area is 82.0 Å². The Morgan fingerprint density at radius 1 is 1.29 bits per heavy atom. The predicted molar refractivity (Wildman–Crippen MR) is 55.2 cm³/mol. The summed E-state index contributed by atoms with van der Waals surface area (Å²) in [6.07, 6.45) is 1.75. The Morgan fingerprint density at radius 2 is 1.93 bits per heavy atom. The van der Waals surface area contributed by atoms with Crippen molar-refractivity contribution in [3.05, 3.63) is 6.33 Å². The van der Waals surface area contributed by atoms with Gasteiger partial charge in [0.05, 0.1) is 7.05 Å². The van der Waals surface area contributed by atoms with E-state index in [1.165, 1.54) is 0 Å². The first kappa shape index (κ1) is 10.2. The second kappa shape index (κ2) is 3.91. The molecule has 2 rings (SSSR count). The summed E-state index contributed by atoms with van der Waals surface area (Å²) in [6.45, 7) is 4.00. The number of anilines is 2. The molecule has 2 heterocycles. The number of hydrogen-bond acceptors (Lipinski definition) is 4. The van der Waals surface area contributed by atoms with Crippen molar-refractivity contribution in [1.82, 2.24) is 15.0 Å². The highest BCUT2D eigenvalue weighted by atomic mass is 15.1. The lowest BCUT2D eigenvalue weighted by Gasteiger charge is -1.90. The third-order valence-corrected chi connectivity index (χ3v) is 1.67. The van der Waals surface area contributed by atoms with Crippen molar-refractivity contribution in [2.75, 3.05) is 11.5 Å². The first-order chi connectivity index (χ1) is 6.68. The van der Waals surface area contributed by atoms with Crippen molar-refractivity contribution < 1.29 is 4.57 Å². The summed E-state index contributed by atoms with van der Waals surface area (Å²) < 4.78 is 1.80. The lowest BCUT2D eigenvalue weighted by molar-refractivity contribution is -0.646. The molecule has 6 nitrogen and oxygen atoms in total. The third kappa shape index (κ3) is 1.59. The Morgan fingerprint density at radius 3 is 2.57 bits per heavy atom. The van der Waals surface area contributed by atoms with Gasteiger partial charge in [-0.1, -0.05) is 18.8 Å². The van der Waals surface area contributed by atoms with Gasteiger partial charge in [0.2, 0.25) is 5.52 Å². The maximum atomic E-state index is 5.59. The number of rotatable bonds is 0. The molecule has 0 atom stereocenters. The number of hydrogen-bond donors (Lipinski definition) is 3. The number of fused-ring (bicyclic) bond motifs is 1. The SMILES string of the molecule is CC.C[n+]1c[nH]c2c(N)nc(N)nc21. The quantitative estimate of drug-likeness (QED) is 0.514. The lowest BCUT2D eigenvalue weighted by Crippen LogP contribution is -2.26. The normalized spacial score (nSPS) is 9.64. The van der Waals surface area contributed by atoms with Gasteiger partial charge in [-0.15, -0.1) is 0 Å². The lowest BCUT2D eigenvalue weighted by atomic mass is 10.5. The van der Waals surface area contributed by atoms with Crippen LogP contribution in [0.15, 0.2) is 6.33 Å². The van der Waals surface area contributed by atoms with Crippen LogP contribution in [0.25, 0.3) is 11.2 Å². The second-order valence-corrected chi connectivity index (χ2v) is 2.55. The van der Waals surface area contributed by atoms with E-state index >= 15 is 0 Å². The molecule has 0 radical (unpaired) electrons. The maximum absolute atomic E-state index is 5.59. The van der Waals surface area contributed by atoms with Gasteiger partial charge >= 0.3 is 5.65 Å². The van der Waals surface area contributed by atoms with Crippen LogP contribution in [0.4, 0.5) is 11.8 Å². The molecule has 0 aliphatic rings. The molecular weight excluding hydrogens is 180 g/mol. The first-order valence-corrected chi connectivity index (χ1v) is 4.44. The molecule has 2 aromatic rings. The summed E-state index contributed by atoms with van der Waals surface area (Å²) in [5.41, 5.74) is 12.4. The monoisotopic (exact) mass is 195 g/mol. The zero-order valence-corrected chi connectivity index (χ0v) is 8.57. The number of nitrogen functional groups attached to an aromatic ring is 2. The Balaban J connectivity index is 0.000000461. The van der Waals surface area contributed by atoms with Crippen molar-refractivity contribution in [2.45, 2.75) is 13.8 Å². The van der Waals surface area contributed by atoms with E-state index < -0.39 is 0 Å². The first-order valence-electron chi connectivity index (χ1n) is 4.44. The van der Waals surface area contributed by atoms with Crippen LogP contribution in [-0.2, 0) is 7.05 Å². The molecule has 6 heteroatoms. The topological polar surface area (TPSA) is 97.5 Å². The average Bonchev–Trinajstić information content (AvgIpc) is 2.52. The molecule has 2 aromatic heterocycles. The molecule has 14 heavy (non-hydrogen) atoms. The standard InChI is InChI=1S/C6H8N6.C2H6/c1-12-2-9-3-4(7)10-6(8)11-5(3)12;1-2/h2H,1H3,(H4,7,8,10,11);1-2H3/p+1. The smallest absolute Gasteiger partial charge is 0.309 e. The van der Waals surface area contributed by atoms with E-state index in [0.29, 0.717) is 17.0 Å². The van der Waals surface area contributed by atoms with E-state index in [0.717, 1.165) is 0 Å². The van der Waals surface area contributed by atoms with Crippen LogP contribution in [0.3, 0.4) is 0 Å². The minimum Gasteiger partial charge on any atom is -0.380 e. The van der Waals surface area contributed by atoms with E-state index in [1.54, 1.807) is 10.9 Å². The molecule has 0 saturated heterocycles. The molecule has 0 spiro atoms. The third-order valence-electron chi connectivity index (χ3n) is 1.67. The Kier molecular flexibility index (Phi) is 2.85. The number of nitrogens with one attached hydrogen (secondary N) is 1. The molecule has 0 fully saturated rings. The van der Waals surface area contributed by atoms with Gasteiger partial charge in [0.1, 0.15) is 0 Å². The molecule has 0 aliphatic carbocycles. The number of nitrogens with zero attached hydrogens (tertiary/aromatic N) is 3. The fraction of sp³-hybridized carbons (Fsp3) is 0.375. The van der Waals surface area contributed by atoms with Crippen molar-refractivity contribution in [2.24, 2.45) is 7.05 Å². The summed E-state index contributed by atoms with van der Waals surface area (Å²) in [5.74, 6) is 0.563. The van der Waals surface area contributed by atoms with Gasteiger partial charge in [-0.05, 0) is 0 Å². The Bertz CT molecular complexity index is 433. The highest BCUT2D eigenvalue weighted by Gasteiger charge is 2.13. The Hall–Kier alpha value is -1.85. The van der Waals surface area contributed by atoms with Gasteiger partial charge < -0.3 is 11.5 Å². The van der Waals surface area contributed by atoms with Crippen LogP contribution in [-0.4, -0.2) is 15.0 Å². The van der Waals surface area contributed by atoms with Gasteiger partial charge in [-0.2, -0.15) is 4.98 Å². The summed E-state index contributed by atoms with van der Waals surface area (Å²) in [5, 5.41) is 0. The molecule has 0 aromatic carbocycles. The minimum atomic E-state index is 0.190. The van der Waals surface area contributed by atoms with Crippen LogP contribution in [0, 0.1) is 0 Å².